The summed E-state index contributed by atoms with van der Waals surface area (Å²) < 4.78 is 0. The SMILES string of the molecule is C=C.CCN(CC)CCCNC(=O)c1ccc(C#Cc2ccc(N)cc2)cc1. The third kappa shape index (κ3) is 8.11. The number of hydrogen-bond donors (Lipinski definition) is 2. The summed E-state index contributed by atoms with van der Waals surface area (Å²) in [6.45, 7) is 14.1. The molecular formula is C24H31N3O. The molecule has 0 aliphatic carbocycles. The summed E-state index contributed by atoms with van der Waals surface area (Å²) in [7, 11) is 0. The summed E-state index contributed by atoms with van der Waals surface area (Å²) in [6.07, 6.45) is 0.957. The number of carbonyl (C=O) groups is 1. The normalized spacial score (nSPS) is 9.68. The largest absolute Gasteiger partial charge is 0.399 e. The highest BCUT2D eigenvalue weighted by Gasteiger charge is 2.05. The number of nitrogens with zero attached hydrogens (tertiary/aromatic N) is 1. The average Bonchev–Trinajstić information content (AvgIpc) is 2.75. The maximum atomic E-state index is 12.2. The minimum atomic E-state index is -0.0393. The number of nitrogens with one attached hydrogen (secondary N) is 1. The van der Waals surface area contributed by atoms with E-state index in [9.17, 15) is 4.79 Å². The second kappa shape index (κ2) is 13.2. The van der Waals surface area contributed by atoms with Crippen molar-refractivity contribution in [1.82, 2.24) is 10.2 Å². The lowest BCUT2D eigenvalue weighted by Crippen LogP contribution is -2.29. The molecule has 3 N–H and O–H groups in total. The van der Waals surface area contributed by atoms with Gasteiger partial charge in [-0.1, -0.05) is 25.7 Å². The van der Waals surface area contributed by atoms with Crippen molar-refractivity contribution in [2.75, 3.05) is 31.9 Å². The third-order valence-corrected chi connectivity index (χ3v) is 4.24. The van der Waals surface area contributed by atoms with Crippen LogP contribution < -0.4 is 11.1 Å². The number of nitrogen functional groups attached to an aromatic ring is 1. The summed E-state index contributed by atoms with van der Waals surface area (Å²) in [4.78, 5) is 14.5. The van der Waals surface area contributed by atoms with Crippen LogP contribution in [0.4, 0.5) is 5.69 Å². The Labute approximate surface area is 169 Å². The summed E-state index contributed by atoms with van der Waals surface area (Å²) >= 11 is 0. The van der Waals surface area contributed by atoms with E-state index in [2.05, 4.69) is 49.1 Å². The number of hydrogen-bond acceptors (Lipinski definition) is 3. The molecule has 28 heavy (non-hydrogen) atoms. The minimum absolute atomic E-state index is 0.0393. The molecule has 0 bridgehead atoms. The molecule has 0 saturated heterocycles. The van der Waals surface area contributed by atoms with Crippen LogP contribution in [0, 0.1) is 11.8 Å². The lowest BCUT2D eigenvalue weighted by atomic mass is 10.1. The molecule has 0 aliphatic heterocycles. The molecule has 0 saturated carbocycles. The second-order valence-corrected chi connectivity index (χ2v) is 6.09. The second-order valence-electron chi connectivity index (χ2n) is 6.09. The Kier molecular flexibility index (Phi) is 10.8. The fourth-order valence-electron chi connectivity index (χ4n) is 2.56. The van der Waals surface area contributed by atoms with Gasteiger partial charge in [0.1, 0.15) is 0 Å². The highest BCUT2D eigenvalue weighted by atomic mass is 16.1. The van der Waals surface area contributed by atoms with E-state index < -0.39 is 0 Å². The Morgan fingerprint density at radius 1 is 0.964 bits per heavy atom. The van der Waals surface area contributed by atoms with Gasteiger partial charge in [-0.3, -0.25) is 4.79 Å². The fourth-order valence-corrected chi connectivity index (χ4v) is 2.56. The highest BCUT2D eigenvalue weighted by Crippen LogP contribution is 2.06. The quantitative estimate of drug-likeness (QED) is 0.333. The van der Waals surface area contributed by atoms with Gasteiger partial charge in [0.2, 0.25) is 0 Å². The van der Waals surface area contributed by atoms with Gasteiger partial charge in [-0.25, -0.2) is 0 Å². The molecule has 2 aromatic carbocycles. The van der Waals surface area contributed by atoms with Crippen molar-refractivity contribution in [3.63, 3.8) is 0 Å². The van der Waals surface area contributed by atoms with Gasteiger partial charge >= 0.3 is 0 Å². The van der Waals surface area contributed by atoms with Crippen molar-refractivity contribution in [2.45, 2.75) is 20.3 Å². The number of nitrogens with two attached hydrogens (primary N) is 1. The lowest BCUT2D eigenvalue weighted by Gasteiger charge is -2.17. The molecule has 0 aliphatic rings. The standard InChI is InChI=1S/C22H27N3O.C2H4/c1-3-25(4-2)17-5-16-24-22(26)20-12-8-18(9-13-20)6-7-19-10-14-21(23)15-11-19;1-2/h8-15H,3-5,16-17,23H2,1-2H3,(H,24,26);1-2H2. The average molecular weight is 378 g/mol. The molecule has 0 spiro atoms. The van der Waals surface area contributed by atoms with Crippen LogP contribution in [0.1, 0.15) is 41.8 Å². The topological polar surface area (TPSA) is 58.4 Å². The summed E-state index contributed by atoms with van der Waals surface area (Å²) in [5.74, 6) is 6.15. The number of rotatable bonds is 7. The zero-order valence-electron chi connectivity index (χ0n) is 17.0. The summed E-state index contributed by atoms with van der Waals surface area (Å²) in [5, 5.41) is 2.97. The van der Waals surface area contributed by atoms with Crippen LogP contribution in [0.5, 0.6) is 0 Å². The molecule has 4 heteroatoms. The number of carbonyl (C=O) groups excluding carboxylic acids is 1. The maximum Gasteiger partial charge on any atom is 0.251 e. The summed E-state index contributed by atoms with van der Waals surface area (Å²) in [6, 6.07) is 14.8. The number of benzene rings is 2. The van der Waals surface area contributed by atoms with E-state index in [1.807, 2.05) is 48.5 Å². The van der Waals surface area contributed by atoms with E-state index in [4.69, 9.17) is 5.73 Å². The molecule has 2 rings (SSSR count). The van der Waals surface area contributed by atoms with E-state index in [0.717, 1.165) is 42.9 Å². The van der Waals surface area contributed by atoms with Gasteiger partial charge in [0.05, 0.1) is 0 Å². The Morgan fingerprint density at radius 3 is 1.96 bits per heavy atom. The number of amides is 1. The Hall–Kier alpha value is -3.03. The van der Waals surface area contributed by atoms with E-state index in [1.165, 1.54) is 0 Å². The first-order valence-electron chi connectivity index (χ1n) is 9.60. The first kappa shape index (κ1) is 23.0. The van der Waals surface area contributed by atoms with E-state index in [-0.39, 0.29) is 5.91 Å². The molecule has 1 amide bonds. The van der Waals surface area contributed by atoms with Crippen molar-refractivity contribution >= 4 is 11.6 Å². The van der Waals surface area contributed by atoms with Crippen LogP contribution in [-0.4, -0.2) is 37.0 Å². The Balaban J connectivity index is 0.00000190. The number of anilines is 1. The predicted octanol–water partition coefficient (Wildman–Crippen LogP) is 3.93. The predicted molar refractivity (Wildman–Crippen MR) is 119 cm³/mol. The van der Waals surface area contributed by atoms with Crippen molar-refractivity contribution in [3.8, 4) is 11.8 Å². The van der Waals surface area contributed by atoms with E-state index in [1.54, 1.807) is 0 Å². The van der Waals surface area contributed by atoms with Crippen LogP contribution in [0.15, 0.2) is 61.7 Å². The molecule has 148 valence electrons. The smallest absolute Gasteiger partial charge is 0.251 e. The minimum Gasteiger partial charge on any atom is -0.399 e. The highest BCUT2D eigenvalue weighted by molar-refractivity contribution is 5.94. The van der Waals surface area contributed by atoms with Crippen molar-refractivity contribution in [3.05, 3.63) is 78.4 Å². The molecule has 2 aromatic rings. The summed E-state index contributed by atoms with van der Waals surface area (Å²) in [5.41, 5.74) is 8.83. The maximum absolute atomic E-state index is 12.2. The van der Waals surface area contributed by atoms with Crippen LogP contribution in [0.3, 0.4) is 0 Å². The molecule has 0 fully saturated rings. The molecule has 0 aromatic heterocycles. The van der Waals surface area contributed by atoms with Gasteiger partial charge in [-0.15, -0.1) is 13.2 Å². The first-order valence-corrected chi connectivity index (χ1v) is 9.60. The Morgan fingerprint density at radius 2 is 1.46 bits per heavy atom. The molecular weight excluding hydrogens is 346 g/mol. The van der Waals surface area contributed by atoms with Gasteiger partial charge < -0.3 is 16.0 Å². The Bertz CT molecular complexity index is 766. The van der Waals surface area contributed by atoms with Crippen molar-refractivity contribution in [2.24, 2.45) is 0 Å². The van der Waals surface area contributed by atoms with E-state index in [0.29, 0.717) is 12.1 Å². The monoisotopic (exact) mass is 377 g/mol. The van der Waals surface area contributed by atoms with Gasteiger partial charge in [-0.2, -0.15) is 0 Å². The van der Waals surface area contributed by atoms with Crippen LogP contribution in [-0.2, 0) is 0 Å². The molecule has 0 radical (unpaired) electrons. The molecule has 4 nitrogen and oxygen atoms in total. The van der Waals surface area contributed by atoms with Gasteiger partial charge in [0.15, 0.2) is 0 Å². The van der Waals surface area contributed by atoms with Gasteiger partial charge in [0.25, 0.3) is 5.91 Å². The lowest BCUT2D eigenvalue weighted by molar-refractivity contribution is 0.0952. The van der Waals surface area contributed by atoms with Gasteiger partial charge in [-0.05, 0) is 74.6 Å². The zero-order chi connectivity index (χ0) is 20.8. The van der Waals surface area contributed by atoms with Crippen LogP contribution >= 0.6 is 0 Å². The van der Waals surface area contributed by atoms with Crippen molar-refractivity contribution < 1.29 is 4.79 Å². The third-order valence-electron chi connectivity index (χ3n) is 4.24. The zero-order valence-corrected chi connectivity index (χ0v) is 17.0. The van der Waals surface area contributed by atoms with Gasteiger partial charge in [0, 0.05) is 28.9 Å². The van der Waals surface area contributed by atoms with Crippen LogP contribution in [0.25, 0.3) is 0 Å². The van der Waals surface area contributed by atoms with Crippen LogP contribution in [0.2, 0.25) is 0 Å². The molecule has 0 atom stereocenters. The van der Waals surface area contributed by atoms with E-state index >= 15 is 0 Å². The first-order chi connectivity index (χ1) is 13.6. The molecule has 0 unspecified atom stereocenters. The van der Waals surface area contributed by atoms with Crippen molar-refractivity contribution in [1.29, 1.82) is 0 Å². The fraction of sp³-hybridized carbons (Fsp3) is 0.292. The molecule has 0 heterocycles.